The Bertz CT molecular complexity index is 375. The Morgan fingerprint density at radius 2 is 2.00 bits per heavy atom. The summed E-state index contributed by atoms with van der Waals surface area (Å²) in [5.74, 6) is 0. The summed E-state index contributed by atoms with van der Waals surface area (Å²) in [5.41, 5.74) is 0.652. The first-order chi connectivity index (χ1) is 7.57. The van der Waals surface area contributed by atoms with Gasteiger partial charge in [-0.1, -0.05) is 24.8 Å². The van der Waals surface area contributed by atoms with E-state index < -0.39 is 16.9 Å². The zero-order valence-corrected chi connectivity index (χ0v) is 10.2. The molecule has 1 rings (SSSR count). The highest BCUT2D eigenvalue weighted by Gasteiger charge is 2.25. The summed E-state index contributed by atoms with van der Waals surface area (Å²) < 4.78 is 12.1. The van der Waals surface area contributed by atoms with Gasteiger partial charge in [0, 0.05) is 4.90 Å². The quantitative estimate of drug-likeness (QED) is 0.489. The van der Waals surface area contributed by atoms with E-state index in [1.807, 2.05) is 18.2 Å². The maximum absolute atomic E-state index is 12.1. The highest BCUT2D eigenvalue weighted by Crippen LogP contribution is 2.18. The molecule has 0 saturated heterocycles. The fourth-order valence-corrected chi connectivity index (χ4v) is 2.82. The standard InChI is InChI=1S/C12H16O3S/c1-9(2)12(15-13)10(3)16(14)11-7-5-4-6-8-11/h4-8,10,12-13H,1H2,2-3H3/t10-,12+,16?/m1/s1. The lowest BCUT2D eigenvalue weighted by Crippen LogP contribution is -2.30. The molecule has 3 nitrogen and oxygen atoms in total. The Kier molecular flexibility index (Phi) is 4.86. The van der Waals surface area contributed by atoms with Crippen LogP contribution in [0.3, 0.4) is 0 Å². The smallest absolute Gasteiger partial charge is 0.128 e. The summed E-state index contributed by atoms with van der Waals surface area (Å²) in [6.07, 6.45) is -0.610. The van der Waals surface area contributed by atoms with E-state index in [2.05, 4.69) is 11.5 Å². The van der Waals surface area contributed by atoms with E-state index in [1.54, 1.807) is 26.0 Å². The predicted molar refractivity (Wildman–Crippen MR) is 64.6 cm³/mol. The average molecular weight is 240 g/mol. The lowest BCUT2D eigenvalue weighted by atomic mass is 10.1. The van der Waals surface area contributed by atoms with Crippen LogP contribution in [0.5, 0.6) is 0 Å². The first-order valence-electron chi connectivity index (χ1n) is 4.99. The monoisotopic (exact) mass is 240 g/mol. The molecule has 3 atom stereocenters. The third-order valence-corrected chi connectivity index (χ3v) is 4.00. The Labute approximate surface area is 98.1 Å². The molecular formula is C12H16O3S. The van der Waals surface area contributed by atoms with Crippen LogP contribution in [0.1, 0.15) is 13.8 Å². The fraction of sp³-hybridized carbons (Fsp3) is 0.333. The Morgan fingerprint density at radius 3 is 2.44 bits per heavy atom. The summed E-state index contributed by atoms with van der Waals surface area (Å²) in [6.45, 7) is 7.20. The second-order valence-electron chi connectivity index (χ2n) is 3.69. The zero-order valence-electron chi connectivity index (χ0n) is 9.42. The topological polar surface area (TPSA) is 46.5 Å². The molecule has 1 N–H and O–H groups in total. The average Bonchev–Trinajstić information content (AvgIpc) is 2.29. The lowest BCUT2D eigenvalue weighted by molar-refractivity contribution is -0.267. The van der Waals surface area contributed by atoms with E-state index in [-0.39, 0.29) is 5.25 Å². The highest BCUT2D eigenvalue weighted by atomic mass is 32.2. The molecule has 0 fully saturated rings. The molecular weight excluding hydrogens is 224 g/mol. The maximum Gasteiger partial charge on any atom is 0.128 e. The van der Waals surface area contributed by atoms with E-state index in [4.69, 9.17) is 5.26 Å². The number of benzene rings is 1. The minimum absolute atomic E-state index is 0.343. The molecule has 0 aliphatic carbocycles. The van der Waals surface area contributed by atoms with Crippen molar-refractivity contribution in [2.24, 2.45) is 0 Å². The van der Waals surface area contributed by atoms with Gasteiger partial charge in [-0.3, -0.25) is 9.47 Å². The van der Waals surface area contributed by atoms with Crippen LogP contribution < -0.4 is 0 Å². The Hall–Kier alpha value is -0.970. The molecule has 0 aromatic heterocycles. The first-order valence-corrected chi connectivity index (χ1v) is 6.20. The van der Waals surface area contributed by atoms with Crippen molar-refractivity contribution in [2.75, 3.05) is 0 Å². The number of hydrogen-bond donors (Lipinski definition) is 1. The minimum atomic E-state index is -1.22. The Balaban J connectivity index is 2.86. The predicted octanol–water partition coefficient (Wildman–Crippen LogP) is 2.62. The summed E-state index contributed by atoms with van der Waals surface area (Å²) >= 11 is 0. The molecule has 0 radical (unpaired) electrons. The SMILES string of the molecule is C=C(C)[C@H](OO)[C@@H](C)S(=O)c1ccccc1. The van der Waals surface area contributed by atoms with Crippen molar-refractivity contribution < 1.29 is 14.4 Å². The van der Waals surface area contributed by atoms with E-state index in [1.165, 1.54) is 0 Å². The van der Waals surface area contributed by atoms with Gasteiger partial charge in [0.15, 0.2) is 0 Å². The molecule has 1 aromatic carbocycles. The first kappa shape index (κ1) is 13.1. The fourth-order valence-electron chi connectivity index (χ4n) is 1.46. The molecule has 16 heavy (non-hydrogen) atoms. The molecule has 0 aliphatic heterocycles. The molecule has 1 aromatic rings. The van der Waals surface area contributed by atoms with Crippen molar-refractivity contribution in [3.63, 3.8) is 0 Å². The molecule has 0 spiro atoms. The molecule has 0 amide bonds. The normalized spacial score (nSPS) is 16.4. The number of hydrogen-bond acceptors (Lipinski definition) is 3. The third-order valence-electron chi connectivity index (χ3n) is 2.34. The summed E-state index contributed by atoms with van der Waals surface area (Å²) in [6, 6.07) is 9.11. The van der Waals surface area contributed by atoms with E-state index in [0.29, 0.717) is 5.57 Å². The molecule has 0 heterocycles. The van der Waals surface area contributed by atoms with Gasteiger partial charge in [-0.05, 0) is 31.6 Å². The molecule has 0 saturated carbocycles. The molecule has 0 bridgehead atoms. The van der Waals surface area contributed by atoms with Crippen LogP contribution in [0.2, 0.25) is 0 Å². The second kappa shape index (κ2) is 5.94. The largest absolute Gasteiger partial charge is 0.254 e. The van der Waals surface area contributed by atoms with Crippen LogP contribution in [0.4, 0.5) is 0 Å². The second-order valence-corrected chi connectivity index (χ2v) is 5.50. The van der Waals surface area contributed by atoms with Gasteiger partial charge in [0.1, 0.15) is 6.10 Å². The molecule has 88 valence electrons. The molecule has 1 unspecified atom stereocenters. The van der Waals surface area contributed by atoms with Crippen LogP contribution in [-0.2, 0) is 15.7 Å². The van der Waals surface area contributed by atoms with Crippen molar-refractivity contribution >= 4 is 10.8 Å². The highest BCUT2D eigenvalue weighted by molar-refractivity contribution is 7.85. The van der Waals surface area contributed by atoms with Crippen LogP contribution in [-0.4, -0.2) is 20.8 Å². The van der Waals surface area contributed by atoms with Crippen molar-refractivity contribution in [1.29, 1.82) is 0 Å². The zero-order chi connectivity index (χ0) is 12.1. The van der Waals surface area contributed by atoms with Crippen LogP contribution in [0, 0.1) is 0 Å². The van der Waals surface area contributed by atoms with Gasteiger partial charge in [-0.15, -0.1) is 0 Å². The Morgan fingerprint density at radius 1 is 1.44 bits per heavy atom. The van der Waals surface area contributed by atoms with Gasteiger partial charge < -0.3 is 0 Å². The van der Waals surface area contributed by atoms with Crippen LogP contribution >= 0.6 is 0 Å². The summed E-state index contributed by atoms with van der Waals surface area (Å²) in [7, 11) is -1.22. The van der Waals surface area contributed by atoms with Gasteiger partial charge in [0.2, 0.25) is 0 Å². The molecule has 4 heteroatoms. The van der Waals surface area contributed by atoms with E-state index in [9.17, 15) is 4.21 Å². The van der Waals surface area contributed by atoms with Crippen LogP contribution in [0.25, 0.3) is 0 Å². The van der Waals surface area contributed by atoms with Gasteiger partial charge in [0.05, 0.1) is 16.0 Å². The molecule has 0 aliphatic rings. The lowest BCUT2D eigenvalue weighted by Gasteiger charge is -2.20. The van der Waals surface area contributed by atoms with Crippen molar-refractivity contribution in [3.05, 3.63) is 42.5 Å². The third kappa shape index (κ3) is 3.01. The summed E-state index contributed by atoms with van der Waals surface area (Å²) in [5, 5.41) is 8.42. The van der Waals surface area contributed by atoms with Gasteiger partial charge in [0.25, 0.3) is 0 Å². The van der Waals surface area contributed by atoms with Crippen LogP contribution in [0.15, 0.2) is 47.4 Å². The van der Waals surface area contributed by atoms with Crippen molar-refractivity contribution in [2.45, 2.75) is 30.1 Å². The minimum Gasteiger partial charge on any atom is -0.254 e. The maximum atomic E-state index is 12.1. The van der Waals surface area contributed by atoms with E-state index in [0.717, 1.165) is 4.90 Å². The van der Waals surface area contributed by atoms with E-state index >= 15 is 0 Å². The van der Waals surface area contributed by atoms with Crippen molar-refractivity contribution in [1.82, 2.24) is 0 Å². The number of rotatable bonds is 5. The van der Waals surface area contributed by atoms with Gasteiger partial charge in [-0.2, -0.15) is 0 Å². The van der Waals surface area contributed by atoms with Crippen molar-refractivity contribution in [3.8, 4) is 0 Å². The van der Waals surface area contributed by atoms with Gasteiger partial charge in [-0.25, -0.2) is 4.89 Å². The van der Waals surface area contributed by atoms with Gasteiger partial charge >= 0.3 is 0 Å². The summed E-state index contributed by atoms with van der Waals surface area (Å²) in [4.78, 5) is 5.04.